The molecule has 3 aromatic rings. The molecule has 1 heterocycles. The zero-order valence-corrected chi connectivity index (χ0v) is 17.0. The number of rotatable bonds is 9. The monoisotopic (exact) mass is 448 g/mol. The van der Waals surface area contributed by atoms with Crippen LogP contribution in [0.5, 0.6) is 5.75 Å². The summed E-state index contributed by atoms with van der Waals surface area (Å²) in [4.78, 5) is 28.1. The van der Waals surface area contributed by atoms with Crippen LogP contribution in [0.4, 0.5) is 13.2 Å². The molecule has 1 aromatic heterocycles. The van der Waals surface area contributed by atoms with E-state index in [1.807, 2.05) is 6.92 Å². The summed E-state index contributed by atoms with van der Waals surface area (Å²) >= 11 is 0. The molecule has 0 spiro atoms. The molecule has 0 saturated carbocycles. The maximum absolute atomic E-state index is 12.6. The highest BCUT2D eigenvalue weighted by Gasteiger charge is 2.30. The van der Waals surface area contributed by atoms with E-state index in [9.17, 15) is 22.8 Å². The number of carbonyl (C=O) groups excluding carboxylic acids is 2. The second-order valence-electron chi connectivity index (χ2n) is 6.63. The number of halogens is 3. The molecular formula is C22H19F3N2O5. The topological polar surface area (TPSA) is 91.5 Å². The first-order chi connectivity index (χ1) is 15.3. The van der Waals surface area contributed by atoms with E-state index in [1.165, 1.54) is 12.1 Å². The lowest BCUT2D eigenvalue weighted by molar-refractivity contribution is -0.145. The van der Waals surface area contributed by atoms with Crippen molar-refractivity contribution in [1.29, 1.82) is 0 Å². The van der Waals surface area contributed by atoms with Crippen LogP contribution in [0.1, 0.15) is 41.6 Å². The molecule has 7 nitrogen and oxygen atoms in total. The Labute approximate surface area is 181 Å². The van der Waals surface area contributed by atoms with Gasteiger partial charge in [-0.05, 0) is 43.3 Å². The van der Waals surface area contributed by atoms with Crippen LogP contribution >= 0.6 is 0 Å². The third-order valence-electron chi connectivity index (χ3n) is 4.34. The fraction of sp³-hybridized carbons (Fsp3) is 0.273. The van der Waals surface area contributed by atoms with Crippen molar-refractivity contribution >= 4 is 11.8 Å². The largest absolute Gasteiger partial charge is 0.494 e. The molecule has 0 bridgehead atoms. The average molecular weight is 448 g/mol. The van der Waals surface area contributed by atoms with Crippen molar-refractivity contribution in [3.05, 3.63) is 65.5 Å². The zero-order valence-electron chi connectivity index (χ0n) is 17.0. The number of hydrogen-bond acceptors (Lipinski definition) is 7. The van der Waals surface area contributed by atoms with Gasteiger partial charge in [0.2, 0.25) is 5.82 Å². The van der Waals surface area contributed by atoms with Gasteiger partial charge in [0.25, 0.3) is 5.89 Å². The minimum absolute atomic E-state index is 0.0221. The minimum Gasteiger partial charge on any atom is -0.494 e. The lowest BCUT2D eigenvalue weighted by Gasteiger charge is -2.05. The van der Waals surface area contributed by atoms with Crippen LogP contribution < -0.4 is 4.74 Å². The predicted molar refractivity (Wildman–Crippen MR) is 106 cm³/mol. The molecule has 2 aromatic carbocycles. The number of carbonyl (C=O) groups is 2. The van der Waals surface area contributed by atoms with Crippen LogP contribution in [-0.4, -0.2) is 28.5 Å². The summed E-state index contributed by atoms with van der Waals surface area (Å²) in [7, 11) is 0. The molecule has 10 heteroatoms. The summed E-state index contributed by atoms with van der Waals surface area (Å²) in [5, 5.41) is 3.67. The number of aromatic nitrogens is 2. The lowest BCUT2D eigenvalue weighted by atomic mass is 10.1. The molecule has 0 aliphatic carbocycles. The van der Waals surface area contributed by atoms with Gasteiger partial charge >= 0.3 is 12.1 Å². The minimum atomic E-state index is -4.44. The van der Waals surface area contributed by atoms with E-state index in [0.717, 1.165) is 12.1 Å². The molecule has 0 aliphatic rings. The third-order valence-corrected chi connectivity index (χ3v) is 4.34. The molecule has 0 N–H and O–H groups in total. The standard InChI is InChI=1S/C22H19F3N2O5/c1-2-30-17-9-5-14(6-10-17)18(28)11-12-20(29)31-13-19-26-21(27-32-19)15-3-7-16(8-4-15)22(23,24)25/h3-10H,2,11-13H2,1H3. The maximum Gasteiger partial charge on any atom is 0.416 e. The van der Waals surface area contributed by atoms with E-state index in [0.29, 0.717) is 23.5 Å². The van der Waals surface area contributed by atoms with Crippen molar-refractivity contribution in [2.45, 2.75) is 32.5 Å². The number of benzene rings is 2. The van der Waals surface area contributed by atoms with Crippen LogP contribution in [0.2, 0.25) is 0 Å². The van der Waals surface area contributed by atoms with Gasteiger partial charge in [0.15, 0.2) is 12.4 Å². The number of ether oxygens (including phenoxy) is 2. The third kappa shape index (κ3) is 6.16. The summed E-state index contributed by atoms with van der Waals surface area (Å²) in [5.41, 5.74) is -0.0155. The van der Waals surface area contributed by atoms with E-state index >= 15 is 0 Å². The fourth-order valence-electron chi connectivity index (χ4n) is 2.72. The fourth-order valence-corrected chi connectivity index (χ4v) is 2.72. The first kappa shape index (κ1) is 23.0. The predicted octanol–water partition coefficient (Wildman–Crippen LogP) is 4.86. The van der Waals surface area contributed by atoms with E-state index in [2.05, 4.69) is 10.1 Å². The number of alkyl halides is 3. The summed E-state index contributed by atoms with van der Waals surface area (Å²) in [5.74, 6) is -0.147. The van der Waals surface area contributed by atoms with E-state index in [-0.39, 0.29) is 36.9 Å². The zero-order chi connectivity index (χ0) is 23.1. The molecule has 0 radical (unpaired) electrons. The first-order valence-corrected chi connectivity index (χ1v) is 9.68. The van der Waals surface area contributed by atoms with Crippen molar-refractivity contribution in [2.24, 2.45) is 0 Å². The Morgan fingerprint density at radius 2 is 1.69 bits per heavy atom. The average Bonchev–Trinajstić information content (AvgIpc) is 3.25. The number of hydrogen-bond donors (Lipinski definition) is 0. The Morgan fingerprint density at radius 3 is 2.31 bits per heavy atom. The van der Waals surface area contributed by atoms with Gasteiger partial charge in [-0.15, -0.1) is 0 Å². The van der Waals surface area contributed by atoms with Crippen LogP contribution in [0.25, 0.3) is 11.4 Å². The van der Waals surface area contributed by atoms with Gasteiger partial charge in [-0.1, -0.05) is 17.3 Å². The molecule has 0 aliphatic heterocycles. The smallest absolute Gasteiger partial charge is 0.416 e. The highest BCUT2D eigenvalue weighted by atomic mass is 19.4. The van der Waals surface area contributed by atoms with E-state index in [4.69, 9.17) is 14.0 Å². The van der Waals surface area contributed by atoms with E-state index < -0.39 is 17.7 Å². The normalized spacial score (nSPS) is 11.2. The Morgan fingerprint density at radius 1 is 1.00 bits per heavy atom. The molecule has 0 atom stereocenters. The first-order valence-electron chi connectivity index (χ1n) is 9.68. The SMILES string of the molecule is CCOc1ccc(C(=O)CCC(=O)OCc2nc(-c3ccc(C(F)(F)F)cc3)no2)cc1. The summed E-state index contributed by atoms with van der Waals surface area (Å²) in [6.07, 6.45) is -4.61. The second-order valence-corrected chi connectivity index (χ2v) is 6.63. The van der Waals surface area contributed by atoms with Gasteiger partial charge in [-0.3, -0.25) is 9.59 Å². The Balaban J connectivity index is 1.47. The van der Waals surface area contributed by atoms with Crippen molar-refractivity contribution < 1.29 is 36.8 Å². The van der Waals surface area contributed by atoms with E-state index in [1.54, 1.807) is 24.3 Å². The summed E-state index contributed by atoms with van der Waals surface area (Å²) in [6, 6.07) is 10.9. The molecule has 0 saturated heterocycles. The quantitative estimate of drug-likeness (QED) is 0.341. The number of ketones is 1. The van der Waals surface area contributed by atoms with Crippen molar-refractivity contribution in [2.75, 3.05) is 6.61 Å². The van der Waals surface area contributed by atoms with Crippen LogP contribution in [0.15, 0.2) is 53.1 Å². The molecule has 0 amide bonds. The number of nitrogens with zero attached hydrogens (tertiary/aromatic N) is 2. The lowest BCUT2D eigenvalue weighted by Crippen LogP contribution is -2.08. The molecule has 168 valence electrons. The van der Waals surface area contributed by atoms with Gasteiger partial charge in [0, 0.05) is 17.5 Å². The van der Waals surface area contributed by atoms with Crippen LogP contribution in [0.3, 0.4) is 0 Å². The molecule has 0 fully saturated rings. The summed E-state index contributed by atoms with van der Waals surface area (Å²) in [6.45, 7) is 2.06. The van der Waals surface area contributed by atoms with Crippen molar-refractivity contribution in [3.63, 3.8) is 0 Å². The highest BCUT2D eigenvalue weighted by molar-refractivity contribution is 5.97. The second kappa shape index (κ2) is 10.1. The molecule has 0 unspecified atom stereocenters. The molecule has 3 rings (SSSR count). The number of Topliss-reactive ketones (excluding diaryl/α,β-unsaturated/α-hetero) is 1. The Hall–Kier alpha value is -3.69. The van der Waals surface area contributed by atoms with Gasteiger partial charge in [0.1, 0.15) is 5.75 Å². The van der Waals surface area contributed by atoms with Crippen molar-refractivity contribution in [3.8, 4) is 17.1 Å². The Kier molecular flexibility index (Phi) is 7.24. The summed E-state index contributed by atoms with van der Waals surface area (Å²) < 4.78 is 53.2. The van der Waals surface area contributed by atoms with Gasteiger partial charge < -0.3 is 14.0 Å². The van der Waals surface area contributed by atoms with Gasteiger partial charge in [-0.2, -0.15) is 18.2 Å². The van der Waals surface area contributed by atoms with Gasteiger partial charge in [-0.25, -0.2) is 0 Å². The van der Waals surface area contributed by atoms with Crippen molar-refractivity contribution in [1.82, 2.24) is 10.1 Å². The maximum atomic E-state index is 12.6. The van der Waals surface area contributed by atoms with Gasteiger partial charge in [0.05, 0.1) is 18.6 Å². The van der Waals surface area contributed by atoms with Crippen LogP contribution in [-0.2, 0) is 22.3 Å². The Bertz CT molecular complexity index is 1060. The van der Waals surface area contributed by atoms with Crippen LogP contribution in [0, 0.1) is 0 Å². The number of esters is 1. The molecule has 32 heavy (non-hydrogen) atoms. The molecular weight excluding hydrogens is 429 g/mol. The highest BCUT2D eigenvalue weighted by Crippen LogP contribution is 2.30.